The number of nitrogens with zero attached hydrogens (tertiary/aromatic N) is 1. The van der Waals surface area contributed by atoms with Crippen molar-refractivity contribution in [2.75, 3.05) is 33.4 Å². The summed E-state index contributed by atoms with van der Waals surface area (Å²) in [7, 11) is 1.45. The van der Waals surface area contributed by atoms with Crippen molar-refractivity contribution >= 4 is 11.1 Å². The Hall–Kier alpha value is -3.19. The number of likely N-dealkylation sites (tertiary alicyclic amines) is 1. The third-order valence-electron chi connectivity index (χ3n) is 7.26. The van der Waals surface area contributed by atoms with Crippen molar-refractivity contribution in [1.29, 1.82) is 0 Å². The summed E-state index contributed by atoms with van der Waals surface area (Å²) in [5.41, 5.74) is 5.78. The van der Waals surface area contributed by atoms with Crippen molar-refractivity contribution in [3.8, 4) is 11.5 Å². The normalized spacial score (nSPS) is 18.8. The third-order valence-corrected chi connectivity index (χ3v) is 7.26. The molecule has 1 aliphatic carbocycles. The first-order valence-electron chi connectivity index (χ1n) is 13.2. The predicted octanol–water partition coefficient (Wildman–Crippen LogP) is 7.65. The van der Waals surface area contributed by atoms with Gasteiger partial charge in [0.1, 0.15) is 6.10 Å². The molecule has 2 aromatic rings. The molecule has 4 rings (SSSR count). The summed E-state index contributed by atoms with van der Waals surface area (Å²) < 4.78 is 51.5. The lowest BCUT2D eigenvalue weighted by atomic mass is 9.88. The molecule has 2 aliphatic rings. The van der Waals surface area contributed by atoms with Crippen LogP contribution in [0.25, 0.3) is 11.1 Å². The number of benzene rings is 2. The average molecular weight is 528 g/mol. The molecular weight excluding hydrogens is 491 g/mol. The number of allylic oxidation sites excluding steroid dienone is 6. The number of aryl methyl sites for hydroxylation is 1. The van der Waals surface area contributed by atoms with Gasteiger partial charge in [0.05, 0.1) is 19.5 Å². The Balaban J connectivity index is 1.67. The fourth-order valence-electron chi connectivity index (χ4n) is 5.41. The number of fused-ring (bicyclic) bond motifs is 1. The molecule has 1 saturated heterocycles. The number of rotatable bonds is 10. The van der Waals surface area contributed by atoms with Crippen LogP contribution in [0.3, 0.4) is 0 Å². The van der Waals surface area contributed by atoms with Crippen molar-refractivity contribution in [2.45, 2.75) is 52.1 Å². The number of hydrogen-bond donors (Lipinski definition) is 0. The van der Waals surface area contributed by atoms with E-state index in [0.29, 0.717) is 6.42 Å². The van der Waals surface area contributed by atoms with Crippen LogP contribution in [0.5, 0.6) is 11.5 Å². The molecule has 0 aromatic heterocycles. The molecule has 4 nitrogen and oxygen atoms in total. The fraction of sp³-hybridized carbons (Fsp3) is 0.419. The minimum Gasteiger partial charge on any atom is -0.494 e. The van der Waals surface area contributed by atoms with Crippen LogP contribution in [0.15, 0.2) is 59.9 Å². The lowest BCUT2D eigenvalue weighted by Gasteiger charge is -2.18. The van der Waals surface area contributed by atoms with Crippen LogP contribution in [0.1, 0.15) is 56.2 Å². The minimum absolute atomic E-state index is 0.0920. The van der Waals surface area contributed by atoms with Crippen LogP contribution in [-0.2, 0) is 11.2 Å². The molecule has 2 aromatic carbocycles. The molecule has 0 bridgehead atoms. The molecular formula is C31H36F3NO3. The fourth-order valence-corrected chi connectivity index (χ4v) is 5.41. The largest absolute Gasteiger partial charge is 0.494 e. The van der Waals surface area contributed by atoms with Gasteiger partial charge in [-0.2, -0.15) is 0 Å². The first-order valence-corrected chi connectivity index (χ1v) is 13.2. The Bertz CT molecular complexity index is 1220. The molecule has 0 N–H and O–H groups in total. The van der Waals surface area contributed by atoms with E-state index in [9.17, 15) is 13.3 Å². The molecule has 204 valence electrons. The monoisotopic (exact) mass is 527 g/mol. The molecule has 1 fully saturated rings. The molecule has 1 heterocycles. The topological polar surface area (TPSA) is 30.9 Å². The molecule has 38 heavy (non-hydrogen) atoms. The Kier molecular flexibility index (Phi) is 9.56. The molecule has 0 radical (unpaired) electrons. The van der Waals surface area contributed by atoms with E-state index in [0.717, 1.165) is 84.5 Å². The van der Waals surface area contributed by atoms with Gasteiger partial charge in [0, 0.05) is 24.2 Å². The zero-order valence-electron chi connectivity index (χ0n) is 22.4. The average Bonchev–Trinajstić information content (AvgIpc) is 3.27. The van der Waals surface area contributed by atoms with E-state index < -0.39 is 5.82 Å². The summed E-state index contributed by atoms with van der Waals surface area (Å²) in [5, 5.41) is 0. The maximum atomic E-state index is 14.7. The minimum atomic E-state index is -0.412. The van der Waals surface area contributed by atoms with Gasteiger partial charge in [-0.3, -0.25) is 14.2 Å². The lowest BCUT2D eigenvalue weighted by Crippen LogP contribution is -2.24. The smallest absolute Gasteiger partial charge is 0.172 e. The summed E-state index contributed by atoms with van der Waals surface area (Å²) in [6.45, 7) is 6.16. The molecule has 0 amide bonds. The van der Waals surface area contributed by atoms with Crippen molar-refractivity contribution in [2.24, 2.45) is 0 Å². The van der Waals surface area contributed by atoms with Crippen molar-refractivity contribution in [1.82, 2.24) is 4.90 Å². The van der Waals surface area contributed by atoms with Crippen LogP contribution < -0.4 is 9.68 Å². The highest BCUT2D eigenvalue weighted by Gasteiger charge is 2.24. The van der Waals surface area contributed by atoms with Gasteiger partial charge < -0.3 is 9.47 Å². The number of alkyl halides is 1. The summed E-state index contributed by atoms with van der Waals surface area (Å²) in [6, 6.07) is 10.3. The Morgan fingerprint density at radius 3 is 2.68 bits per heavy atom. The van der Waals surface area contributed by atoms with Gasteiger partial charge in [0.15, 0.2) is 17.3 Å². The summed E-state index contributed by atoms with van der Waals surface area (Å²) in [6.07, 6.45) is 7.88. The van der Waals surface area contributed by atoms with Crippen LogP contribution in [0.2, 0.25) is 0 Å². The maximum Gasteiger partial charge on any atom is 0.172 e. The summed E-state index contributed by atoms with van der Waals surface area (Å²) in [5.74, 6) is 0.762. The van der Waals surface area contributed by atoms with Gasteiger partial charge >= 0.3 is 0 Å². The molecule has 1 aliphatic heterocycles. The second-order valence-electron chi connectivity index (χ2n) is 9.95. The summed E-state index contributed by atoms with van der Waals surface area (Å²) >= 11 is 0. The standard InChI is InChI=1S/C31H36F3NO3/c1-21(8-9-22(2)37-26-14-17-35(20-26)16-5-15-32)31-27(24-10-13-30(36-3)29(33)19-24)7-4-6-23-18-25(38-34)11-12-28(23)31/h8-13,18-19,26H,4-7,14-17,20H2,1-3H3/b21-8+,22-9+/t26-/m0/s1. The van der Waals surface area contributed by atoms with E-state index in [1.807, 2.05) is 38.1 Å². The Labute approximate surface area is 223 Å². The number of hydrogen-bond acceptors (Lipinski definition) is 4. The number of methoxy groups -OCH3 is 1. The zero-order chi connectivity index (χ0) is 27.1. The second kappa shape index (κ2) is 13.1. The van der Waals surface area contributed by atoms with Gasteiger partial charge in [0.25, 0.3) is 0 Å². The first-order chi connectivity index (χ1) is 18.4. The molecule has 0 saturated carbocycles. The van der Waals surface area contributed by atoms with Crippen LogP contribution >= 0.6 is 0 Å². The molecule has 0 unspecified atom stereocenters. The SMILES string of the molecule is COc1ccc(C2=C(/C(C)=C/C=C(\C)O[C@H]3CCN(CCCF)C3)c3ccc(OF)cc3CCC2)cc1F. The third kappa shape index (κ3) is 6.62. The highest BCUT2D eigenvalue weighted by molar-refractivity contribution is 5.99. The molecule has 0 spiro atoms. The second-order valence-corrected chi connectivity index (χ2v) is 9.95. The van der Waals surface area contributed by atoms with E-state index in [1.54, 1.807) is 18.2 Å². The number of halogens is 3. The van der Waals surface area contributed by atoms with Crippen molar-refractivity contribution in [3.05, 3.63) is 82.4 Å². The van der Waals surface area contributed by atoms with E-state index in [1.165, 1.54) is 13.2 Å². The highest BCUT2D eigenvalue weighted by Crippen LogP contribution is 2.41. The van der Waals surface area contributed by atoms with Crippen LogP contribution in [-0.4, -0.2) is 44.4 Å². The quantitative estimate of drug-likeness (QED) is 0.235. The van der Waals surface area contributed by atoms with Crippen molar-refractivity contribution < 1.29 is 27.7 Å². The van der Waals surface area contributed by atoms with Crippen molar-refractivity contribution in [3.63, 3.8) is 0 Å². The molecule has 7 heteroatoms. The van der Waals surface area contributed by atoms with E-state index in [2.05, 4.69) is 9.84 Å². The van der Waals surface area contributed by atoms with Gasteiger partial charge in [-0.1, -0.05) is 18.2 Å². The van der Waals surface area contributed by atoms with E-state index in [-0.39, 0.29) is 24.3 Å². The van der Waals surface area contributed by atoms with E-state index in [4.69, 9.17) is 9.47 Å². The zero-order valence-corrected chi connectivity index (χ0v) is 22.4. The Morgan fingerprint density at radius 1 is 1.11 bits per heavy atom. The van der Waals surface area contributed by atoms with E-state index >= 15 is 0 Å². The van der Waals surface area contributed by atoms with Gasteiger partial charge in [-0.05, 0) is 110 Å². The van der Waals surface area contributed by atoms with Crippen LogP contribution in [0.4, 0.5) is 13.3 Å². The maximum absolute atomic E-state index is 14.7. The Morgan fingerprint density at radius 2 is 1.95 bits per heavy atom. The summed E-state index contributed by atoms with van der Waals surface area (Å²) in [4.78, 5) is 6.24. The first kappa shape index (κ1) is 27.8. The van der Waals surface area contributed by atoms with Gasteiger partial charge in [-0.25, -0.2) is 4.39 Å². The molecule has 1 atom stereocenters. The lowest BCUT2D eigenvalue weighted by molar-refractivity contribution is -0.00629. The van der Waals surface area contributed by atoms with Gasteiger partial charge in [0.2, 0.25) is 0 Å². The van der Waals surface area contributed by atoms with Gasteiger partial charge in [-0.15, -0.1) is 0 Å². The predicted molar refractivity (Wildman–Crippen MR) is 145 cm³/mol. The number of ether oxygens (including phenoxy) is 2. The highest BCUT2D eigenvalue weighted by atomic mass is 19.3. The van der Waals surface area contributed by atoms with Crippen LogP contribution in [0, 0.1) is 5.82 Å².